The van der Waals surface area contributed by atoms with E-state index in [2.05, 4.69) is 25.7 Å². The lowest BCUT2D eigenvalue weighted by Crippen LogP contribution is -2.42. The number of carbonyl (C=O) groups excluding carboxylic acids is 2. The van der Waals surface area contributed by atoms with Gasteiger partial charge in [-0.15, -0.1) is 11.3 Å². The zero-order chi connectivity index (χ0) is 33.9. The Hall–Kier alpha value is -3.02. The van der Waals surface area contributed by atoms with Crippen molar-refractivity contribution in [2.45, 2.75) is 97.9 Å². The standard InChI is InChI=1S/C34H48F3N3O4S/c1-8-13-25(14-11-12-15-28(42)29(43)20-41)33(44)40(7)32(34(35,36)37)24-16-18-26(19-17-24)39-27(10-3)30(21(4)9-2)31-22(5)45-23(6)38-31/h10,16-19,21,25,29,32,39,41,43H,3,8-9,11-15,20H2,1-2,4-7H3/b30-27+/t21?,25?,29-,32-/m0/s1. The number of hydrogen-bond acceptors (Lipinski definition) is 7. The van der Waals surface area contributed by atoms with Gasteiger partial charge in [-0.3, -0.25) is 9.59 Å². The number of thiazole rings is 1. The first-order chi connectivity index (χ1) is 21.2. The van der Waals surface area contributed by atoms with Gasteiger partial charge >= 0.3 is 6.18 Å². The molecule has 1 aromatic carbocycles. The molecule has 250 valence electrons. The molecule has 0 fully saturated rings. The molecule has 0 aliphatic carbocycles. The summed E-state index contributed by atoms with van der Waals surface area (Å²) in [6.07, 6.45) is -1.41. The maximum atomic E-state index is 14.5. The van der Waals surface area contributed by atoms with E-state index in [9.17, 15) is 27.9 Å². The van der Waals surface area contributed by atoms with Gasteiger partial charge in [-0.25, -0.2) is 4.98 Å². The molecule has 7 nitrogen and oxygen atoms in total. The molecule has 0 radical (unpaired) electrons. The van der Waals surface area contributed by atoms with Crippen LogP contribution in [-0.4, -0.2) is 57.7 Å². The topological polar surface area (TPSA) is 103 Å². The summed E-state index contributed by atoms with van der Waals surface area (Å²) in [6, 6.07) is 3.79. The number of benzene rings is 1. The first-order valence-corrected chi connectivity index (χ1v) is 16.3. The number of alkyl halides is 3. The molecule has 2 rings (SSSR count). The summed E-state index contributed by atoms with van der Waals surface area (Å²) in [6.45, 7) is 13.3. The van der Waals surface area contributed by atoms with Gasteiger partial charge in [0.1, 0.15) is 6.10 Å². The van der Waals surface area contributed by atoms with Crippen LogP contribution in [0.15, 0.2) is 42.6 Å². The zero-order valence-electron chi connectivity index (χ0n) is 27.2. The lowest BCUT2D eigenvalue weighted by molar-refractivity contribution is -0.190. The summed E-state index contributed by atoms with van der Waals surface area (Å²) >= 11 is 1.61. The van der Waals surface area contributed by atoms with Crippen molar-refractivity contribution < 1.29 is 33.0 Å². The van der Waals surface area contributed by atoms with Gasteiger partial charge in [0.25, 0.3) is 0 Å². The predicted molar refractivity (Wildman–Crippen MR) is 175 cm³/mol. The van der Waals surface area contributed by atoms with E-state index < -0.39 is 42.5 Å². The minimum Gasteiger partial charge on any atom is -0.393 e. The third-order valence-corrected chi connectivity index (χ3v) is 8.95. The molecule has 2 aromatic rings. The largest absolute Gasteiger partial charge is 0.413 e. The Morgan fingerprint density at radius 3 is 2.27 bits per heavy atom. The lowest BCUT2D eigenvalue weighted by atomic mass is 9.92. The van der Waals surface area contributed by atoms with Crippen LogP contribution in [0.1, 0.15) is 92.9 Å². The summed E-state index contributed by atoms with van der Waals surface area (Å²) in [4.78, 5) is 31.8. The van der Waals surface area contributed by atoms with Crippen LogP contribution in [0.3, 0.4) is 0 Å². The van der Waals surface area contributed by atoms with Crippen LogP contribution < -0.4 is 5.32 Å². The van der Waals surface area contributed by atoms with Crippen molar-refractivity contribution >= 4 is 34.3 Å². The van der Waals surface area contributed by atoms with Crippen LogP contribution in [0.2, 0.25) is 0 Å². The number of amides is 1. The minimum atomic E-state index is -4.71. The molecule has 45 heavy (non-hydrogen) atoms. The molecule has 3 N–H and O–H groups in total. The molecule has 0 aliphatic rings. The monoisotopic (exact) mass is 651 g/mol. The summed E-state index contributed by atoms with van der Waals surface area (Å²) < 4.78 is 43.4. The van der Waals surface area contributed by atoms with Gasteiger partial charge in [-0.05, 0) is 69.2 Å². The summed E-state index contributed by atoms with van der Waals surface area (Å²) in [5.74, 6) is -1.58. The van der Waals surface area contributed by atoms with Gasteiger partial charge in [0.15, 0.2) is 11.8 Å². The highest BCUT2D eigenvalue weighted by Gasteiger charge is 2.46. The Balaban J connectivity index is 2.30. The number of aliphatic hydroxyl groups excluding tert-OH is 2. The first kappa shape index (κ1) is 38.2. The van der Waals surface area contributed by atoms with Crippen LogP contribution in [0.25, 0.3) is 5.57 Å². The van der Waals surface area contributed by atoms with Crippen molar-refractivity contribution in [1.29, 1.82) is 0 Å². The van der Waals surface area contributed by atoms with Gasteiger partial charge < -0.3 is 20.4 Å². The Morgan fingerprint density at radius 1 is 1.13 bits per heavy atom. The number of hydrogen-bond donors (Lipinski definition) is 3. The van der Waals surface area contributed by atoms with E-state index in [1.54, 1.807) is 29.5 Å². The summed E-state index contributed by atoms with van der Waals surface area (Å²) in [7, 11) is 1.19. The van der Waals surface area contributed by atoms with E-state index in [0.717, 1.165) is 38.2 Å². The normalized spacial score (nSPS) is 15.1. The summed E-state index contributed by atoms with van der Waals surface area (Å²) in [5, 5.41) is 22.6. The number of ketones is 1. The quantitative estimate of drug-likeness (QED) is 0.112. The molecule has 1 amide bonds. The van der Waals surface area contributed by atoms with Gasteiger partial charge in [0.2, 0.25) is 5.91 Å². The number of halogens is 3. The molecular formula is C34H48F3N3O4S. The highest BCUT2D eigenvalue weighted by Crippen LogP contribution is 2.39. The van der Waals surface area contributed by atoms with E-state index in [1.807, 2.05) is 20.8 Å². The van der Waals surface area contributed by atoms with Crippen molar-refractivity contribution in [2.24, 2.45) is 11.8 Å². The predicted octanol–water partition coefficient (Wildman–Crippen LogP) is 7.78. The van der Waals surface area contributed by atoms with Crippen LogP contribution >= 0.6 is 11.3 Å². The molecule has 11 heteroatoms. The van der Waals surface area contributed by atoms with Crippen molar-refractivity contribution in [2.75, 3.05) is 19.0 Å². The number of allylic oxidation sites excluding steroid dienone is 2. The van der Waals surface area contributed by atoms with E-state index in [0.29, 0.717) is 37.8 Å². The highest BCUT2D eigenvalue weighted by molar-refractivity contribution is 7.11. The lowest BCUT2D eigenvalue weighted by Gasteiger charge is -2.33. The second kappa shape index (κ2) is 17.6. The first-order valence-electron chi connectivity index (χ1n) is 15.5. The van der Waals surface area contributed by atoms with Crippen molar-refractivity contribution in [3.63, 3.8) is 0 Å². The Morgan fingerprint density at radius 2 is 1.78 bits per heavy atom. The number of nitrogens with one attached hydrogen (secondary N) is 1. The number of aromatic nitrogens is 1. The molecule has 1 aromatic heterocycles. The fourth-order valence-electron chi connectivity index (χ4n) is 5.49. The van der Waals surface area contributed by atoms with Crippen LogP contribution in [-0.2, 0) is 9.59 Å². The maximum Gasteiger partial charge on any atom is 0.413 e. The molecule has 0 saturated carbocycles. The smallest absolute Gasteiger partial charge is 0.393 e. The number of Topliss-reactive ketones (excluding diaryl/α,β-unsaturated/α-hetero) is 1. The van der Waals surface area contributed by atoms with Crippen molar-refractivity contribution in [3.05, 3.63) is 63.8 Å². The number of anilines is 1. The third-order valence-electron chi connectivity index (χ3n) is 8.07. The molecule has 2 unspecified atom stereocenters. The SMILES string of the molecule is C=C/C(Nc1ccc([C@H](N(C)C(=O)C(CCC)CCCCC(=O)[C@@H](O)CO)C(F)(F)F)cc1)=C(\c1nc(C)sc1C)C(C)CC. The molecule has 1 heterocycles. The van der Waals surface area contributed by atoms with E-state index in [1.165, 1.54) is 19.2 Å². The Kier molecular flexibility index (Phi) is 14.9. The molecule has 0 spiro atoms. The average molecular weight is 652 g/mol. The second-order valence-electron chi connectivity index (χ2n) is 11.5. The van der Waals surface area contributed by atoms with Crippen LogP contribution in [0.5, 0.6) is 0 Å². The van der Waals surface area contributed by atoms with E-state index in [-0.39, 0.29) is 17.9 Å². The van der Waals surface area contributed by atoms with Crippen molar-refractivity contribution in [3.8, 4) is 0 Å². The van der Waals surface area contributed by atoms with Gasteiger partial charge in [0, 0.05) is 41.2 Å². The van der Waals surface area contributed by atoms with Crippen LogP contribution in [0, 0.1) is 25.7 Å². The Bertz CT molecular complexity index is 1310. The van der Waals surface area contributed by atoms with Gasteiger partial charge in [-0.2, -0.15) is 13.2 Å². The fourth-order valence-corrected chi connectivity index (χ4v) is 6.32. The average Bonchev–Trinajstić information content (AvgIpc) is 3.33. The van der Waals surface area contributed by atoms with Crippen LogP contribution in [0.4, 0.5) is 18.9 Å². The molecule has 0 saturated heterocycles. The third kappa shape index (κ3) is 10.5. The molecular weight excluding hydrogens is 603 g/mol. The van der Waals surface area contributed by atoms with Crippen molar-refractivity contribution in [1.82, 2.24) is 9.88 Å². The zero-order valence-corrected chi connectivity index (χ0v) is 28.0. The van der Waals surface area contributed by atoms with Gasteiger partial charge in [-0.1, -0.05) is 52.3 Å². The molecule has 0 aliphatic heterocycles. The number of rotatable bonds is 18. The number of aryl methyl sites for hydroxylation is 2. The number of unbranched alkanes of at least 4 members (excludes halogenated alkanes) is 1. The molecule has 4 atom stereocenters. The van der Waals surface area contributed by atoms with E-state index in [4.69, 9.17) is 10.1 Å². The molecule has 0 bridgehead atoms. The number of carbonyl (C=O) groups is 2. The minimum absolute atomic E-state index is 0.0286. The number of nitrogens with zero attached hydrogens (tertiary/aromatic N) is 2. The maximum absolute atomic E-state index is 14.5. The van der Waals surface area contributed by atoms with Gasteiger partial charge in [0.05, 0.1) is 17.3 Å². The number of aliphatic hydroxyl groups is 2. The summed E-state index contributed by atoms with van der Waals surface area (Å²) in [5.41, 5.74) is 3.14. The Labute approximate surface area is 269 Å². The fraction of sp³-hybridized carbons (Fsp3) is 0.559. The van der Waals surface area contributed by atoms with E-state index >= 15 is 0 Å². The highest BCUT2D eigenvalue weighted by atomic mass is 32.1. The second-order valence-corrected chi connectivity index (χ2v) is 12.9.